The van der Waals surface area contributed by atoms with Gasteiger partial charge in [0.25, 0.3) is 5.91 Å². The highest BCUT2D eigenvalue weighted by Crippen LogP contribution is 2.40. The maximum absolute atomic E-state index is 13.5. The minimum Gasteiger partial charge on any atom is -0.507 e. The lowest BCUT2D eigenvalue weighted by atomic mass is 9.95. The third-order valence-electron chi connectivity index (χ3n) is 11.2. The molecule has 15 nitrogen and oxygen atoms in total. The first kappa shape index (κ1) is 39.9. The average Bonchev–Trinajstić information content (AvgIpc) is 3.77. The average molecular weight is 781 g/mol. The number of nitrogens with one attached hydrogen (secondary N) is 3. The summed E-state index contributed by atoms with van der Waals surface area (Å²) in [6.07, 6.45) is 0.339. The number of phenolic OH excluding ortho intramolecular Hbond substituents is 1. The minimum absolute atomic E-state index is 0.0418. The Hall–Kier alpha value is -5.35. The maximum atomic E-state index is 13.5. The van der Waals surface area contributed by atoms with Crippen molar-refractivity contribution in [2.45, 2.75) is 96.9 Å². The third kappa shape index (κ3) is 8.24. The van der Waals surface area contributed by atoms with Gasteiger partial charge in [0, 0.05) is 48.1 Å². The highest BCUT2D eigenvalue weighted by molar-refractivity contribution is 5.94. The lowest BCUT2D eigenvalue weighted by molar-refractivity contribution is -0.139. The largest absolute Gasteiger partial charge is 0.507 e. The van der Waals surface area contributed by atoms with Crippen LogP contribution in [-0.2, 0) is 22.7 Å². The Morgan fingerprint density at radius 1 is 0.982 bits per heavy atom. The monoisotopic (exact) mass is 780 g/mol. The lowest BCUT2D eigenvalue weighted by Crippen LogP contribution is -2.53. The van der Waals surface area contributed by atoms with E-state index in [1.165, 1.54) is 0 Å². The molecule has 57 heavy (non-hydrogen) atoms. The van der Waals surface area contributed by atoms with Crippen molar-refractivity contribution in [3.8, 4) is 28.6 Å². The predicted molar refractivity (Wildman–Crippen MR) is 212 cm³/mol. The van der Waals surface area contributed by atoms with Crippen LogP contribution in [0.4, 0.5) is 5.69 Å². The SMILES string of the molecule is COc1cc(O)c(-c2nnc(C(=O)NC(C)C)n2-c2ccc(CN3CCC(C(=O)Nc4cccc5c4CN(C4CCC(O)NC4=O)C5O)CC3)cc2)cc1C(C)C. The summed E-state index contributed by atoms with van der Waals surface area (Å²) in [6.45, 7) is 10.3. The van der Waals surface area contributed by atoms with Crippen molar-refractivity contribution in [3.63, 3.8) is 0 Å². The maximum Gasteiger partial charge on any atom is 0.289 e. The molecular weight excluding hydrogens is 729 g/mol. The van der Waals surface area contributed by atoms with Crippen LogP contribution in [0.5, 0.6) is 11.5 Å². The van der Waals surface area contributed by atoms with Gasteiger partial charge in [-0.2, -0.15) is 0 Å². The van der Waals surface area contributed by atoms with Crippen LogP contribution < -0.4 is 20.7 Å². The lowest BCUT2D eigenvalue weighted by Gasteiger charge is -2.34. The first-order valence-electron chi connectivity index (χ1n) is 19.7. The summed E-state index contributed by atoms with van der Waals surface area (Å²) in [7, 11) is 1.56. The fraction of sp³-hybridized carbons (Fsp3) is 0.452. The first-order chi connectivity index (χ1) is 27.3. The molecule has 3 amide bonds. The van der Waals surface area contributed by atoms with E-state index in [0.717, 1.165) is 29.8 Å². The van der Waals surface area contributed by atoms with Gasteiger partial charge >= 0.3 is 0 Å². The molecule has 0 aliphatic carbocycles. The number of aromatic hydroxyl groups is 1. The number of phenols is 1. The number of amides is 3. The molecule has 0 bridgehead atoms. The number of rotatable bonds is 11. The number of hydrogen-bond donors (Lipinski definition) is 6. The van der Waals surface area contributed by atoms with Gasteiger partial charge in [-0.15, -0.1) is 10.2 Å². The van der Waals surface area contributed by atoms with Gasteiger partial charge in [-0.25, -0.2) is 0 Å². The smallest absolute Gasteiger partial charge is 0.289 e. The summed E-state index contributed by atoms with van der Waals surface area (Å²) in [5.74, 6) is 0.0915. The topological polar surface area (TPSA) is 194 Å². The zero-order valence-electron chi connectivity index (χ0n) is 33.0. The van der Waals surface area contributed by atoms with Crippen LogP contribution in [-0.4, -0.2) is 96.1 Å². The number of anilines is 1. The Morgan fingerprint density at radius 3 is 2.39 bits per heavy atom. The van der Waals surface area contributed by atoms with Crippen LogP contribution in [0.3, 0.4) is 0 Å². The van der Waals surface area contributed by atoms with Gasteiger partial charge < -0.3 is 36.0 Å². The molecule has 302 valence electrons. The van der Waals surface area contributed by atoms with Gasteiger partial charge in [0.2, 0.25) is 17.6 Å². The molecule has 0 saturated carbocycles. The van der Waals surface area contributed by atoms with E-state index in [1.54, 1.807) is 28.7 Å². The number of ether oxygens (including phenoxy) is 1. The van der Waals surface area contributed by atoms with Crippen molar-refractivity contribution in [3.05, 3.63) is 82.7 Å². The van der Waals surface area contributed by atoms with E-state index in [2.05, 4.69) is 31.0 Å². The van der Waals surface area contributed by atoms with E-state index in [0.29, 0.717) is 72.8 Å². The van der Waals surface area contributed by atoms with Gasteiger partial charge in [0.15, 0.2) is 5.82 Å². The number of likely N-dealkylation sites (tertiary alicyclic amines) is 1. The van der Waals surface area contributed by atoms with E-state index in [1.807, 2.05) is 70.2 Å². The number of piperidine rings is 2. The van der Waals surface area contributed by atoms with Gasteiger partial charge in [-0.05, 0) is 99.5 Å². The summed E-state index contributed by atoms with van der Waals surface area (Å²) in [4.78, 5) is 43.5. The standard InChI is InChI=1S/C42H52N8O7/c1-23(2)29-19-30(34(51)20-35(29)57-5)37-46-47-38(41(55)43-24(3)4)50(37)27-11-9-25(10-12-27)21-48-17-15-26(16-18-48)39(53)44-32-8-6-7-28-31(32)22-49(42(28)56)33-13-14-36(52)45-40(33)54/h6-12,19-20,23-24,26,33,36,42,51-52,56H,13-18,21-22H2,1-5H3,(H,43,55)(H,44,53)(H,45,54). The molecule has 15 heteroatoms. The molecular formula is C42H52N8O7. The number of carbonyl (C=O) groups excluding carboxylic acids is 3. The molecule has 6 N–H and O–H groups in total. The molecule has 7 rings (SSSR count). The molecule has 3 aliphatic heterocycles. The summed E-state index contributed by atoms with van der Waals surface area (Å²) >= 11 is 0. The molecule has 4 aromatic rings. The van der Waals surface area contributed by atoms with Crippen LogP contribution in [0.1, 0.15) is 98.4 Å². The van der Waals surface area contributed by atoms with Gasteiger partial charge in [0.1, 0.15) is 24.0 Å². The quantitative estimate of drug-likeness (QED) is 0.128. The van der Waals surface area contributed by atoms with Crippen LogP contribution in [0.15, 0.2) is 54.6 Å². The second-order valence-corrected chi connectivity index (χ2v) is 15.8. The Morgan fingerprint density at radius 2 is 1.72 bits per heavy atom. The zero-order chi connectivity index (χ0) is 40.5. The van der Waals surface area contributed by atoms with E-state index in [9.17, 15) is 29.7 Å². The number of benzene rings is 3. The molecule has 1 aromatic heterocycles. The molecule has 3 unspecified atom stereocenters. The van der Waals surface area contributed by atoms with Crippen molar-refractivity contribution >= 4 is 23.4 Å². The Kier molecular flexibility index (Phi) is 11.6. The fourth-order valence-corrected chi connectivity index (χ4v) is 8.13. The van der Waals surface area contributed by atoms with Crippen molar-refractivity contribution in [1.29, 1.82) is 0 Å². The Balaban J connectivity index is 1.01. The summed E-state index contributed by atoms with van der Waals surface area (Å²) in [6, 6.07) is 16.0. The van der Waals surface area contributed by atoms with E-state index < -0.39 is 18.5 Å². The molecule has 3 aliphatic rings. The minimum atomic E-state index is -0.981. The molecule has 3 atom stereocenters. The van der Waals surface area contributed by atoms with Crippen LogP contribution >= 0.6 is 0 Å². The number of methoxy groups -OCH3 is 1. The van der Waals surface area contributed by atoms with Gasteiger partial charge in [-0.3, -0.25) is 28.8 Å². The first-order valence-corrected chi connectivity index (χ1v) is 19.7. The van der Waals surface area contributed by atoms with Gasteiger partial charge in [0.05, 0.1) is 18.7 Å². The van der Waals surface area contributed by atoms with E-state index in [-0.39, 0.29) is 47.2 Å². The number of hydrogen-bond acceptors (Lipinski definition) is 11. The highest BCUT2D eigenvalue weighted by Gasteiger charge is 2.41. The fourth-order valence-electron chi connectivity index (χ4n) is 8.13. The van der Waals surface area contributed by atoms with Crippen LogP contribution in [0.25, 0.3) is 17.1 Å². The van der Waals surface area contributed by atoms with Crippen molar-refractivity contribution in [2.24, 2.45) is 5.92 Å². The third-order valence-corrected chi connectivity index (χ3v) is 11.2. The van der Waals surface area contributed by atoms with E-state index in [4.69, 9.17) is 4.74 Å². The second kappa shape index (κ2) is 16.6. The Labute approximate surface area is 332 Å². The van der Waals surface area contributed by atoms with Crippen molar-refractivity contribution in [1.82, 2.24) is 35.2 Å². The summed E-state index contributed by atoms with van der Waals surface area (Å²) in [5, 5.41) is 49.3. The number of fused-ring (bicyclic) bond motifs is 1. The second-order valence-electron chi connectivity index (χ2n) is 15.8. The Bertz CT molecular complexity index is 2130. The van der Waals surface area contributed by atoms with Crippen molar-refractivity contribution in [2.75, 3.05) is 25.5 Å². The number of aromatic nitrogens is 3. The molecule has 4 heterocycles. The number of aliphatic hydroxyl groups is 2. The predicted octanol–water partition coefficient (Wildman–Crippen LogP) is 4.16. The molecule has 2 fully saturated rings. The molecule has 0 spiro atoms. The highest BCUT2D eigenvalue weighted by atomic mass is 16.5. The number of nitrogens with zero attached hydrogens (tertiary/aromatic N) is 5. The normalized spacial score (nSPS) is 20.4. The number of carbonyl (C=O) groups is 3. The number of aliphatic hydroxyl groups excluding tert-OH is 2. The van der Waals surface area contributed by atoms with E-state index >= 15 is 0 Å². The van der Waals surface area contributed by atoms with Crippen LogP contribution in [0, 0.1) is 5.92 Å². The van der Waals surface area contributed by atoms with Crippen molar-refractivity contribution < 1.29 is 34.4 Å². The molecule has 2 saturated heterocycles. The zero-order valence-corrected chi connectivity index (χ0v) is 33.0. The van der Waals surface area contributed by atoms with Crippen LogP contribution in [0.2, 0.25) is 0 Å². The summed E-state index contributed by atoms with van der Waals surface area (Å²) in [5.41, 5.74) is 5.14. The van der Waals surface area contributed by atoms with Gasteiger partial charge in [-0.1, -0.05) is 38.1 Å². The molecule has 0 radical (unpaired) electrons. The molecule has 3 aromatic carbocycles. The summed E-state index contributed by atoms with van der Waals surface area (Å²) < 4.78 is 7.19.